The number of anilines is 1. The van der Waals surface area contributed by atoms with E-state index in [9.17, 15) is 4.79 Å². The van der Waals surface area contributed by atoms with Gasteiger partial charge in [-0.2, -0.15) is 5.10 Å². The number of nitrogens with zero attached hydrogens (tertiary/aromatic N) is 6. The molecule has 2 aliphatic rings. The monoisotopic (exact) mass is 438 g/mol. The first kappa shape index (κ1) is 19.9. The van der Waals surface area contributed by atoms with Crippen molar-refractivity contribution in [1.82, 2.24) is 24.6 Å². The Morgan fingerprint density at radius 2 is 1.82 bits per heavy atom. The molecule has 2 saturated heterocycles. The van der Waals surface area contributed by atoms with E-state index in [-0.39, 0.29) is 5.91 Å². The summed E-state index contributed by atoms with van der Waals surface area (Å²) in [4.78, 5) is 27.4. The lowest BCUT2D eigenvalue weighted by Crippen LogP contribution is -2.54. The van der Waals surface area contributed by atoms with Crippen molar-refractivity contribution in [3.8, 4) is 5.69 Å². The van der Waals surface area contributed by atoms with Gasteiger partial charge in [0.25, 0.3) is 5.91 Å². The Morgan fingerprint density at radius 1 is 1.00 bits per heavy atom. The number of rotatable bonds is 3. The Morgan fingerprint density at radius 3 is 2.61 bits per heavy atom. The van der Waals surface area contributed by atoms with Gasteiger partial charge in [-0.15, -0.1) is 0 Å². The van der Waals surface area contributed by atoms with Crippen LogP contribution in [0.4, 0.5) is 5.95 Å². The zero-order chi connectivity index (χ0) is 22.4. The highest BCUT2D eigenvalue weighted by Crippen LogP contribution is 2.32. The van der Waals surface area contributed by atoms with Crippen LogP contribution >= 0.6 is 0 Å². The third-order valence-electron chi connectivity index (χ3n) is 6.76. The molecule has 4 aromatic rings. The van der Waals surface area contributed by atoms with Crippen LogP contribution in [0.1, 0.15) is 22.3 Å². The van der Waals surface area contributed by atoms with Crippen molar-refractivity contribution in [2.45, 2.75) is 13.3 Å². The highest BCUT2D eigenvalue weighted by molar-refractivity contribution is 5.98. The molecule has 0 spiro atoms. The SMILES string of the molecule is Cc1ccc(-n2cccn2)c(C(=O)N2CC3CC(C2)CN(c2ncc4ccccc4n2)C3)c1. The van der Waals surface area contributed by atoms with Gasteiger partial charge in [-0.25, -0.2) is 14.6 Å². The molecule has 2 unspecified atom stereocenters. The third-order valence-corrected chi connectivity index (χ3v) is 6.76. The largest absolute Gasteiger partial charge is 0.340 e. The van der Waals surface area contributed by atoms with Gasteiger partial charge in [-0.05, 0) is 49.4 Å². The number of carbonyl (C=O) groups is 1. The van der Waals surface area contributed by atoms with Crippen molar-refractivity contribution < 1.29 is 4.79 Å². The first-order valence-electron chi connectivity index (χ1n) is 11.5. The molecule has 2 aromatic carbocycles. The summed E-state index contributed by atoms with van der Waals surface area (Å²) in [5.41, 5.74) is 3.60. The van der Waals surface area contributed by atoms with Crippen LogP contribution in [0.15, 0.2) is 67.1 Å². The average Bonchev–Trinajstić information content (AvgIpc) is 3.37. The highest BCUT2D eigenvalue weighted by atomic mass is 16.2. The maximum absolute atomic E-state index is 13.6. The van der Waals surface area contributed by atoms with Gasteiger partial charge in [-0.3, -0.25) is 4.79 Å². The summed E-state index contributed by atoms with van der Waals surface area (Å²) < 4.78 is 1.77. The third kappa shape index (κ3) is 3.73. The minimum absolute atomic E-state index is 0.0919. The molecule has 0 saturated carbocycles. The number of para-hydroxylation sites is 1. The Labute approximate surface area is 192 Å². The molecule has 1 amide bonds. The first-order chi connectivity index (χ1) is 16.1. The van der Waals surface area contributed by atoms with Crippen LogP contribution in [0.3, 0.4) is 0 Å². The zero-order valence-electron chi connectivity index (χ0n) is 18.6. The lowest BCUT2D eigenvalue weighted by Gasteiger charge is -2.45. The van der Waals surface area contributed by atoms with Crippen LogP contribution in [0.2, 0.25) is 0 Å². The van der Waals surface area contributed by atoms with E-state index in [2.05, 4.69) is 15.0 Å². The molecule has 0 N–H and O–H groups in total. The minimum atomic E-state index is 0.0919. The van der Waals surface area contributed by atoms with Crippen LogP contribution in [0, 0.1) is 18.8 Å². The number of hydrogen-bond donors (Lipinski definition) is 0. The Bertz CT molecular complexity index is 1300. The predicted molar refractivity (Wildman–Crippen MR) is 128 cm³/mol. The van der Waals surface area contributed by atoms with E-state index in [1.807, 2.05) is 72.7 Å². The fraction of sp³-hybridized carbons (Fsp3) is 0.308. The number of likely N-dealkylation sites (tertiary alicyclic amines) is 1. The van der Waals surface area contributed by atoms with E-state index in [4.69, 9.17) is 4.98 Å². The maximum atomic E-state index is 13.6. The molecule has 166 valence electrons. The van der Waals surface area contributed by atoms with Gasteiger partial charge >= 0.3 is 0 Å². The molecular weight excluding hydrogens is 412 g/mol. The number of piperidine rings is 2. The summed E-state index contributed by atoms with van der Waals surface area (Å²) in [6.07, 6.45) is 6.68. The van der Waals surface area contributed by atoms with Gasteiger partial charge in [0.1, 0.15) is 0 Å². The standard InChI is InChI=1S/C26H26N6O/c1-18-7-8-24(32-10-4-9-28-32)22(11-18)25(33)30-14-19-12-20(15-30)17-31(16-19)26-27-13-21-5-2-3-6-23(21)29-26/h2-11,13,19-20H,12,14-17H2,1H3. The lowest BCUT2D eigenvalue weighted by molar-refractivity contribution is 0.0563. The van der Waals surface area contributed by atoms with Crippen molar-refractivity contribution in [3.63, 3.8) is 0 Å². The van der Waals surface area contributed by atoms with E-state index in [1.165, 1.54) is 0 Å². The summed E-state index contributed by atoms with van der Waals surface area (Å²) in [5.74, 6) is 1.71. The number of benzene rings is 2. The van der Waals surface area contributed by atoms with E-state index >= 15 is 0 Å². The second-order valence-corrected chi connectivity index (χ2v) is 9.28. The quantitative estimate of drug-likeness (QED) is 0.488. The fourth-order valence-corrected chi connectivity index (χ4v) is 5.33. The second-order valence-electron chi connectivity index (χ2n) is 9.28. The second kappa shape index (κ2) is 7.99. The van der Waals surface area contributed by atoms with Gasteiger partial charge in [0, 0.05) is 50.2 Å². The molecule has 2 aliphatic heterocycles. The van der Waals surface area contributed by atoms with Gasteiger partial charge in [-0.1, -0.05) is 29.8 Å². The Balaban J connectivity index is 1.23. The number of hydrogen-bond acceptors (Lipinski definition) is 5. The van der Waals surface area contributed by atoms with Crippen LogP contribution in [0.5, 0.6) is 0 Å². The van der Waals surface area contributed by atoms with E-state index < -0.39 is 0 Å². The molecule has 2 bridgehead atoms. The molecule has 2 atom stereocenters. The van der Waals surface area contributed by atoms with Crippen molar-refractivity contribution in [1.29, 1.82) is 0 Å². The van der Waals surface area contributed by atoms with Crippen molar-refractivity contribution in [2.75, 3.05) is 31.1 Å². The molecule has 0 aliphatic carbocycles. The number of aryl methyl sites for hydroxylation is 1. The van der Waals surface area contributed by atoms with Crippen LogP contribution in [-0.4, -0.2) is 56.7 Å². The minimum Gasteiger partial charge on any atom is -0.340 e. The summed E-state index contributed by atoms with van der Waals surface area (Å²) in [6.45, 7) is 5.28. The number of fused-ring (bicyclic) bond motifs is 3. The maximum Gasteiger partial charge on any atom is 0.256 e. The number of amides is 1. The highest BCUT2D eigenvalue weighted by Gasteiger charge is 2.37. The first-order valence-corrected chi connectivity index (χ1v) is 11.5. The molecule has 0 radical (unpaired) electrons. The van der Waals surface area contributed by atoms with Gasteiger partial charge in [0.2, 0.25) is 5.95 Å². The molecule has 6 rings (SSSR count). The van der Waals surface area contributed by atoms with E-state index in [0.29, 0.717) is 17.4 Å². The molecule has 2 fully saturated rings. The molecule has 7 nitrogen and oxygen atoms in total. The van der Waals surface area contributed by atoms with Gasteiger partial charge < -0.3 is 9.80 Å². The summed E-state index contributed by atoms with van der Waals surface area (Å²) in [5, 5.41) is 5.41. The zero-order valence-corrected chi connectivity index (χ0v) is 18.6. The molecular formula is C26H26N6O. The number of aromatic nitrogens is 4. The van der Waals surface area contributed by atoms with Crippen molar-refractivity contribution in [2.24, 2.45) is 11.8 Å². The Hall–Kier alpha value is -3.74. The number of carbonyl (C=O) groups excluding carboxylic acids is 1. The van der Waals surface area contributed by atoms with Crippen LogP contribution in [0.25, 0.3) is 16.6 Å². The fourth-order valence-electron chi connectivity index (χ4n) is 5.33. The average molecular weight is 439 g/mol. The van der Waals surface area contributed by atoms with Crippen molar-refractivity contribution in [3.05, 3.63) is 78.2 Å². The lowest BCUT2D eigenvalue weighted by atomic mass is 9.84. The Kier molecular flexibility index (Phi) is 4.82. The van der Waals surface area contributed by atoms with Crippen molar-refractivity contribution >= 4 is 22.8 Å². The van der Waals surface area contributed by atoms with E-state index in [0.717, 1.165) is 60.7 Å². The molecule has 7 heteroatoms. The molecule has 2 aromatic heterocycles. The summed E-state index contributed by atoms with van der Waals surface area (Å²) in [6, 6.07) is 16.0. The predicted octanol–water partition coefficient (Wildman–Crippen LogP) is 3.72. The van der Waals surface area contributed by atoms with Crippen LogP contribution in [-0.2, 0) is 0 Å². The topological polar surface area (TPSA) is 67.2 Å². The summed E-state index contributed by atoms with van der Waals surface area (Å²) >= 11 is 0. The van der Waals surface area contributed by atoms with Gasteiger partial charge in [0.05, 0.1) is 16.8 Å². The summed E-state index contributed by atoms with van der Waals surface area (Å²) in [7, 11) is 0. The molecule has 4 heterocycles. The normalized spacial score (nSPS) is 20.3. The van der Waals surface area contributed by atoms with Crippen LogP contribution < -0.4 is 4.90 Å². The molecule has 33 heavy (non-hydrogen) atoms. The smallest absolute Gasteiger partial charge is 0.256 e. The van der Waals surface area contributed by atoms with Gasteiger partial charge in [0.15, 0.2) is 0 Å². The van der Waals surface area contributed by atoms with E-state index in [1.54, 1.807) is 10.9 Å².